The molecule has 0 fully saturated rings. The van der Waals surface area contributed by atoms with E-state index in [2.05, 4.69) is 23.0 Å². The second-order valence-corrected chi connectivity index (χ2v) is 4.17. The van der Waals surface area contributed by atoms with E-state index in [0.29, 0.717) is 6.54 Å². The molecule has 0 aliphatic heterocycles. The maximum atomic E-state index is 5.59. The highest BCUT2D eigenvalue weighted by molar-refractivity contribution is 5.55. The summed E-state index contributed by atoms with van der Waals surface area (Å²) in [6, 6.07) is 2.11. The van der Waals surface area contributed by atoms with Gasteiger partial charge in [0.25, 0.3) is 0 Å². The van der Waals surface area contributed by atoms with Crippen molar-refractivity contribution in [1.82, 2.24) is 4.98 Å². The first kappa shape index (κ1) is 10.4. The van der Waals surface area contributed by atoms with Crippen LogP contribution < -0.4 is 10.6 Å². The number of likely N-dealkylation sites (N-methyl/N-ethyl adjacent to an activating group) is 1. The minimum absolute atomic E-state index is 0.702. The molecule has 1 heterocycles. The van der Waals surface area contributed by atoms with Crippen molar-refractivity contribution in [2.24, 2.45) is 5.73 Å². The van der Waals surface area contributed by atoms with Crippen LogP contribution in [0.5, 0.6) is 0 Å². The van der Waals surface area contributed by atoms with Gasteiger partial charge in [-0.05, 0) is 37.3 Å². The van der Waals surface area contributed by atoms with E-state index in [0.717, 1.165) is 13.0 Å². The maximum absolute atomic E-state index is 5.59. The lowest BCUT2D eigenvalue weighted by Gasteiger charge is -2.25. The molecule has 1 aliphatic carbocycles. The van der Waals surface area contributed by atoms with E-state index >= 15 is 0 Å². The largest absolute Gasteiger partial charge is 0.373 e. The number of aryl methyl sites for hydroxylation is 1. The van der Waals surface area contributed by atoms with Crippen LogP contribution >= 0.6 is 0 Å². The number of nitrogens with zero attached hydrogens (tertiary/aromatic N) is 2. The van der Waals surface area contributed by atoms with E-state index in [9.17, 15) is 0 Å². The number of aromatic nitrogens is 1. The summed E-state index contributed by atoms with van der Waals surface area (Å²) in [4.78, 5) is 6.71. The normalized spacial score (nSPS) is 14.8. The second kappa shape index (κ2) is 4.62. The molecule has 0 bridgehead atoms. The van der Waals surface area contributed by atoms with Crippen molar-refractivity contribution in [2.75, 3.05) is 25.0 Å². The van der Waals surface area contributed by atoms with Gasteiger partial charge in [0, 0.05) is 37.7 Å². The highest BCUT2D eigenvalue weighted by Gasteiger charge is 2.15. The van der Waals surface area contributed by atoms with Gasteiger partial charge in [0.1, 0.15) is 0 Å². The third kappa shape index (κ3) is 2.12. The van der Waals surface area contributed by atoms with Crippen LogP contribution in [0.2, 0.25) is 0 Å². The average molecular weight is 205 g/mol. The molecule has 3 nitrogen and oxygen atoms in total. The Kier molecular flexibility index (Phi) is 3.21. The lowest BCUT2D eigenvalue weighted by atomic mass is 9.94. The smallest absolute Gasteiger partial charge is 0.0456 e. The fraction of sp³-hybridized carbons (Fsp3) is 0.583. The SMILES string of the molecule is CN(CCN)c1ccnc2c1CCCC2. The molecule has 2 rings (SSSR count). The number of pyridine rings is 1. The van der Waals surface area contributed by atoms with E-state index in [4.69, 9.17) is 5.73 Å². The molecule has 0 spiro atoms. The molecule has 2 N–H and O–H groups in total. The van der Waals surface area contributed by atoms with Crippen LogP contribution in [0.15, 0.2) is 12.3 Å². The molecule has 0 amide bonds. The molecule has 0 aromatic carbocycles. The molecule has 0 saturated heterocycles. The van der Waals surface area contributed by atoms with Gasteiger partial charge in [-0.15, -0.1) is 0 Å². The summed E-state index contributed by atoms with van der Waals surface area (Å²) >= 11 is 0. The predicted octanol–water partition coefficient (Wildman–Crippen LogP) is 1.36. The standard InChI is InChI=1S/C12H19N3/c1-15(9-7-13)12-6-8-14-11-5-3-2-4-10(11)12/h6,8H,2-5,7,9,13H2,1H3. The molecule has 1 aromatic rings. The topological polar surface area (TPSA) is 42.1 Å². The van der Waals surface area contributed by atoms with Crippen molar-refractivity contribution >= 4 is 5.69 Å². The van der Waals surface area contributed by atoms with E-state index in [1.807, 2.05) is 6.20 Å². The molecule has 3 heteroatoms. The zero-order valence-electron chi connectivity index (χ0n) is 9.37. The molecule has 1 aromatic heterocycles. The molecule has 1 aliphatic rings. The Hall–Kier alpha value is -1.09. The Labute approximate surface area is 91.3 Å². The molecule has 0 atom stereocenters. The Morgan fingerprint density at radius 3 is 3.00 bits per heavy atom. The fourth-order valence-corrected chi connectivity index (χ4v) is 2.28. The summed E-state index contributed by atoms with van der Waals surface area (Å²) in [7, 11) is 2.11. The third-order valence-electron chi connectivity index (χ3n) is 3.09. The van der Waals surface area contributed by atoms with Gasteiger partial charge in [0.15, 0.2) is 0 Å². The molecule has 0 unspecified atom stereocenters. The van der Waals surface area contributed by atoms with E-state index in [1.54, 1.807) is 0 Å². The van der Waals surface area contributed by atoms with Crippen molar-refractivity contribution in [1.29, 1.82) is 0 Å². The molecular weight excluding hydrogens is 186 g/mol. The number of anilines is 1. The number of fused-ring (bicyclic) bond motifs is 1. The van der Waals surface area contributed by atoms with Crippen molar-refractivity contribution in [3.63, 3.8) is 0 Å². The van der Waals surface area contributed by atoms with Crippen molar-refractivity contribution in [3.8, 4) is 0 Å². The van der Waals surface area contributed by atoms with Gasteiger partial charge >= 0.3 is 0 Å². The monoisotopic (exact) mass is 205 g/mol. The van der Waals surface area contributed by atoms with Gasteiger partial charge in [-0.2, -0.15) is 0 Å². The van der Waals surface area contributed by atoms with E-state index in [-0.39, 0.29) is 0 Å². The molecule has 0 radical (unpaired) electrons. The first-order valence-electron chi connectivity index (χ1n) is 5.71. The predicted molar refractivity (Wildman–Crippen MR) is 63.2 cm³/mol. The maximum Gasteiger partial charge on any atom is 0.0456 e. The van der Waals surface area contributed by atoms with Gasteiger partial charge in [0.2, 0.25) is 0 Å². The van der Waals surface area contributed by atoms with Crippen LogP contribution in [0, 0.1) is 0 Å². The highest BCUT2D eigenvalue weighted by atomic mass is 15.1. The highest BCUT2D eigenvalue weighted by Crippen LogP contribution is 2.27. The third-order valence-corrected chi connectivity index (χ3v) is 3.09. The van der Waals surface area contributed by atoms with Crippen LogP contribution in [0.4, 0.5) is 5.69 Å². The Bertz CT molecular complexity index is 336. The molecular formula is C12H19N3. The quantitative estimate of drug-likeness (QED) is 0.810. The average Bonchev–Trinajstić information content (AvgIpc) is 2.28. The zero-order valence-corrected chi connectivity index (χ0v) is 9.37. The molecule has 0 saturated carbocycles. The van der Waals surface area contributed by atoms with Crippen LogP contribution in [0.3, 0.4) is 0 Å². The Morgan fingerprint density at radius 1 is 1.40 bits per heavy atom. The first-order valence-corrected chi connectivity index (χ1v) is 5.71. The fourth-order valence-electron chi connectivity index (χ4n) is 2.28. The van der Waals surface area contributed by atoms with Gasteiger partial charge in [-0.1, -0.05) is 0 Å². The summed E-state index contributed by atoms with van der Waals surface area (Å²) in [6.45, 7) is 1.62. The number of hydrogen-bond acceptors (Lipinski definition) is 3. The van der Waals surface area contributed by atoms with Crippen LogP contribution in [0.1, 0.15) is 24.1 Å². The summed E-state index contributed by atoms with van der Waals surface area (Å²) in [6.07, 6.45) is 6.81. The summed E-state index contributed by atoms with van der Waals surface area (Å²) < 4.78 is 0. The van der Waals surface area contributed by atoms with Crippen LogP contribution in [0.25, 0.3) is 0 Å². The van der Waals surface area contributed by atoms with Gasteiger partial charge < -0.3 is 10.6 Å². The Balaban J connectivity index is 2.30. The number of rotatable bonds is 3. The van der Waals surface area contributed by atoms with Crippen LogP contribution in [-0.2, 0) is 12.8 Å². The lowest BCUT2D eigenvalue weighted by Crippen LogP contribution is -2.26. The molecule has 82 valence electrons. The van der Waals surface area contributed by atoms with E-state index < -0.39 is 0 Å². The van der Waals surface area contributed by atoms with Gasteiger partial charge in [-0.25, -0.2) is 0 Å². The minimum Gasteiger partial charge on any atom is -0.373 e. The number of nitrogens with two attached hydrogens (primary N) is 1. The van der Waals surface area contributed by atoms with Gasteiger partial charge in [-0.3, -0.25) is 4.98 Å². The van der Waals surface area contributed by atoms with E-state index in [1.165, 1.54) is 36.2 Å². The van der Waals surface area contributed by atoms with Gasteiger partial charge in [0.05, 0.1) is 0 Å². The second-order valence-electron chi connectivity index (χ2n) is 4.17. The Morgan fingerprint density at radius 2 is 2.20 bits per heavy atom. The van der Waals surface area contributed by atoms with Crippen molar-refractivity contribution in [3.05, 3.63) is 23.5 Å². The summed E-state index contributed by atoms with van der Waals surface area (Å²) in [5, 5.41) is 0. The van der Waals surface area contributed by atoms with Crippen molar-refractivity contribution in [2.45, 2.75) is 25.7 Å². The number of hydrogen-bond donors (Lipinski definition) is 1. The molecule has 15 heavy (non-hydrogen) atoms. The first-order chi connectivity index (χ1) is 7.33. The lowest BCUT2D eigenvalue weighted by molar-refractivity contribution is 0.665. The summed E-state index contributed by atoms with van der Waals surface area (Å²) in [5.74, 6) is 0. The van der Waals surface area contributed by atoms with Crippen LogP contribution in [-0.4, -0.2) is 25.1 Å². The minimum atomic E-state index is 0.702. The zero-order chi connectivity index (χ0) is 10.7. The summed E-state index contributed by atoms with van der Waals surface area (Å²) in [5.41, 5.74) is 9.65. The van der Waals surface area contributed by atoms with Crippen molar-refractivity contribution < 1.29 is 0 Å².